The average molecular weight is 264 g/mol. The summed E-state index contributed by atoms with van der Waals surface area (Å²) < 4.78 is 38.7. The van der Waals surface area contributed by atoms with Crippen LogP contribution < -0.4 is 5.73 Å². The smallest absolute Gasteiger partial charge is 0.397 e. The second-order valence-electron chi connectivity index (χ2n) is 3.71. The molecule has 0 aromatic carbocycles. The number of alkyl halides is 3. The quantitative estimate of drug-likeness (QED) is 0.859. The van der Waals surface area contributed by atoms with Crippen molar-refractivity contribution in [2.75, 3.05) is 5.73 Å². The molecule has 0 fully saturated rings. The molecular formula is C12H7F3N4. The molecule has 0 atom stereocenters. The Kier molecular flexibility index (Phi) is 3.09. The number of aromatic nitrogens is 2. The summed E-state index contributed by atoms with van der Waals surface area (Å²) in [7, 11) is 0. The van der Waals surface area contributed by atoms with Gasteiger partial charge < -0.3 is 5.73 Å². The van der Waals surface area contributed by atoms with Gasteiger partial charge in [0.2, 0.25) is 0 Å². The Morgan fingerprint density at radius 1 is 1.16 bits per heavy atom. The van der Waals surface area contributed by atoms with Crippen molar-refractivity contribution in [3.05, 3.63) is 41.9 Å². The third-order valence-electron chi connectivity index (χ3n) is 2.37. The average Bonchev–Trinajstić information content (AvgIpc) is 2.38. The van der Waals surface area contributed by atoms with Crippen molar-refractivity contribution in [1.29, 1.82) is 5.26 Å². The third kappa shape index (κ3) is 2.63. The summed E-state index contributed by atoms with van der Waals surface area (Å²) in [6.07, 6.45) is -2.25. The number of nitriles is 1. The van der Waals surface area contributed by atoms with Crippen LogP contribution in [0.4, 0.5) is 18.9 Å². The van der Waals surface area contributed by atoms with E-state index < -0.39 is 11.7 Å². The maximum absolute atomic E-state index is 12.9. The summed E-state index contributed by atoms with van der Waals surface area (Å²) in [5.41, 5.74) is 4.35. The van der Waals surface area contributed by atoms with Crippen LogP contribution in [0.5, 0.6) is 0 Å². The van der Waals surface area contributed by atoms with Crippen LogP contribution in [-0.4, -0.2) is 9.97 Å². The molecule has 4 nitrogen and oxygen atoms in total. The van der Waals surface area contributed by atoms with E-state index in [1.807, 2.05) is 0 Å². The molecule has 2 aromatic rings. The Bertz CT molecular complexity index is 642. The minimum Gasteiger partial charge on any atom is -0.397 e. The van der Waals surface area contributed by atoms with Gasteiger partial charge >= 0.3 is 6.18 Å². The molecule has 0 aliphatic heterocycles. The highest BCUT2D eigenvalue weighted by Crippen LogP contribution is 2.36. The van der Waals surface area contributed by atoms with Crippen LogP contribution in [0.1, 0.15) is 11.3 Å². The minimum atomic E-state index is -4.56. The molecule has 0 aliphatic carbocycles. The number of nitrogens with zero attached hydrogens (tertiary/aromatic N) is 3. The minimum absolute atomic E-state index is 0.0716. The summed E-state index contributed by atoms with van der Waals surface area (Å²) in [4.78, 5) is 7.42. The lowest BCUT2D eigenvalue weighted by Crippen LogP contribution is -2.09. The van der Waals surface area contributed by atoms with Crippen LogP contribution in [0.25, 0.3) is 11.3 Å². The van der Waals surface area contributed by atoms with Gasteiger partial charge in [0, 0.05) is 11.8 Å². The monoisotopic (exact) mass is 264 g/mol. The van der Waals surface area contributed by atoms with Crippen LogP contribution in [0.3, 0.4) is 0 Å². The highest BCUT2D eigenvalue weighted by molar-refractivity contribution is 5.65. The number of halogens is 3. The summed E-state index contributed by atoms with van der Waals surface area (Å²) >= 11 is 0. The lowest BCUT2D eigenvalue weighted by Gasteiger charge is -2.12. The van der Waals surface area contributed by atoms with E-state index in [1.165, 1.54) is 18.3 Å². The summed E-state index contributed by atoms with van der Waals surface area (Å²) in [6.45, 7) is 0. The number of rotatable bonds is 1. The number of pyridine rings is 2. The molecule has 96 valence electrons. The first kappa shape index (κ1) is 12.8. The summed E-state index contributed by atoms with van der Waals surface area (Å²) in [5.74, 6) is 0. The second kappa shape index (κ2) is 4.57. The first-order valence-electron chi connectivity index (χ1n) is 5.11. The van der Waals surface area contributed by atoms with Gasteiger partial charge in [-0.2, -0.15) is 18.4 Å². The van der Waals surface area contributed by atoms with E-state index >= 15 is 0 Å². The number of hydrogen-bond acceptors (Lipinski definition) is 4. The first-order valence-corrected chi connectivity index (χ1v) is 5.11. The zero-order valence-electron chi connectivity index (χ0n) is 9.44. The molecule has 0 saturated carbocycles. The topological polar surface area (TPSA) is 75.6 Å². The highest BCUT2D eigenvalue weighted by atomic mass is 19.4. The van der Waals surface area contributed by atoms with Crippen molar-refractivity contribution < 1.29 is 13.2 Å². The number of anilines is 1. The Morgan fingerprint density at radius 2 is 1.89 bits per heavy atom. The second-order valence-corrected chi connectivity index (χ2v) is 3.71. The molecule has 2 heterocycles. The zero-order chi connectivity index (χ0) is 14.0. The van der Waals surface area contributed by atoms with E-state index in [9.17, 15) is 13.2 Å². The van der Waals surface area contributed by atoms with Gasteiger partial charge in [0.15, 0.2) is 0 Å². The Hall–Kier alpha value is -2.62. The maximum atomic E-state index is 12.9. The fraction of sp³-hybridized carbons (Fsp3) is 0.0833. The van der Waals surface area contributed by atoms with Gasteiger partial charge in [-0.3, -0.25) is 4.98 Å². The highest BCUT2D eigenvalue weighted by Gasteiger charge is 2.34. The van der Waals surface area contributed by atoms with Crippen molar-refractivity contribution in [2.24, 2.45) is 0 Å². The van der Waals surface area contributed by atoms with E-state index in [0.717, 1.165) is 12.3 Å². The van der Waals surface area contributed by atoms with Crippen molar-refractivity contribution in [2.45, 2.75) is 6.18 Å². The lowest BCUT2D eigenvalue weighted by atomic mass is 10.1. The van der Waals surface area contributed by atoms with Crippen LogP contribution in [-0.2, 0) is 6.18 Å². The van der Waals surface area contributed by atoms with E-state index in [2.05, 4.69) is 9.97 Å². The Labute approximate surface area is 106 Å². The first-order chi connectivity index (χ1) is 8.91. The van der Waals surface area contributed by atoms with Gasteiger partial charge in [0.05, 0.1) is 23.1 Å². The van der Waals surface area contributed by atoms with Gasteiger partial charge in [-0.15, -0.1) is 0 Å². The van der Waals surface area contributed by atoms with Crippen molar-refractivity contribution in [3.8, 4) is 17.3 Å². The molecule has 7 heteroatoms. The fourth-order valence-corrected chi connectivity index (χ4v) is 1.53. The van der Waals surface area contributed by atoms with Crippen LogP contribution >= 0.6 is 0 Å². The molecule has 2 N–H and O–H groups in total. The molecule has 0 spiro atoms. The number of hydrogen-bond donors (Lipinski definition) is 1. The van der Waals surface area contributed by atoms with Crippen LogP contribution in [0.15, 0.2) is 30.6 Å². The molecule has 0 aliphatic rings. The zero-order valence-corrected chi connectivity index (χ0v) is 9.44. The molecule has 0 radical (unpaired) electrons. The molecule has 2 aromatic heterocycles. The normalized spacial score (nSPS) is 11.1. The van der Waals surface area contributed by atoms with Crippen molar-refractivity contribution in [3.63, 3.8) is 0 Å². The van der Waals surface area contributed by atoms with E-state index in [0.29, 0.717) is 0 Å². The van der Waals surface area contributed by atoms with Gasteiger partial charge in [-0.05, 0) is 18.2 Å². The standard InChI is InChI=1S/C12H7F3N4/c13-12(14,15)10-3-8(17)6-19-11(10)7-1-2-9(4-16)18-5-7/h1-3,5-6H,17H2. The predicted molar refractivity (Wildman–Crippen MR) is 61.6 cm³/mol. The molecule has 0 bridgehead atoms. The molecule has 2 rings (SSSR count). The molecule has 0 unspecified atom stereocenters. The SMILES string of the molecule is N#Cc1ccc(-c2ncc(N)cc2C(F)(F)F)cn1. The fourth-order valence-electron chi connectivity index (χ4n) is 1.53. The number of nitrogens with two attached hydrogens (primary N) is 1. The van der Waals surface area contributed by atoms with Crippen molar-refractivity contribution >= 4 is 5.69 Å². The third-order valence-corrected chi connectivity index (χ3v) is 2.37. The van der Waals surface area contributed by atoms with Crippen LogP contribution in [0.2, 0.25) is 0 Å². The Morgan fingerprint density at radius 3 is 2.42 bits per heavy atom. The lowest BCUT2D eigenvalue weighted by molar-refractivity contribution is -0.137. The Balaban J connectivity index is 2.58. The maximum Gasteiger partial charge on any atom is 0.418 e. The van der Waals surface area contributed by atoms with Gasteiger partial charge in [0.1, 0.15) is 11.8 Å². The number of nitrogen functional groups attached to an aromatic ring is 1. The van der Waals surface area contributed by atoms with E-state index in [1.54, 1.807) is 6.07 Å². The van der Waals surface area contributed by atoms with E-state index in [4.69, 9.17) is 11.0 Å². The van der Waals surface area contributed by atoms with E-state index in [-0.39, 0.29) is 22.6 Å². The molecular weight excluding hydrogens is 257 g/mol. The summed E-state index contributed by atoms with van der Waals surface area (Å²) in [5, 5.41) is 8.59. The molecule has 0 amide bonds. The van der Waals surface area contributed by atoms with Gasteiger partial charge in [-0.25, -0.2) is 4.98 Å². The summed E-state index contributed by atoms with van der Waals surface area (Å²) in [6, 6.07) is 5.29. The largest absolute Gasteiger partial charge is 0.418 e. The predicted octanol–water partition coefficient (Wildman–Crippen LogP) is 2.62. The van der Waals surface area contributed by atoms with Crippen molar-refractivity contribution in [1.82, 2.24) is 9.97 Å². The van der Waals surface area contributed by atoms with Gasteiger partial charge in [-0.1, -0.05) is 0 Å². The van der Waals surface area contributed by atoms with Gasteiger partial charge in [0.25, 0.3) is 0 Å². The molecule has 19 heavy (non-hydrogen) atoms. The molecule has 0 saturated heterocycles. The van der Waals surface area contributed by atoms with Crippen LogP contribution in [0, 0.1) is 11.3 Å².